The monoisotopic (exact) mass is 547 g/mol. The smallest absolute Gasteiger partial charge is 0.270 e. The van der Waals surface area contributed by atoms with Crippen LogP contribution in [0.5, 0.6) is 0 Å². The van der Waals surface area contributed by atoms with Crippen LogP contribution in [0.3, 0.4) is 0 Å². The van der Waals surface area contributed by atoms with Crippen molar-refractivity contribution in [1.29, 1.82) is 0 Å². The predicted octanol–water partition coefficient (Wildman–Crippen LogP) is 3.43. The number of nitro benzene ring substituents is 1. The van der Waals surface area contributed by atoms with Crippen molar-refractivity contribution >= 4 is 51.3 Å². The summed E-state index contributed by atoms with van der Waals surface area (Å²) in [5, 5.41) is 13.7. The Labute approximate surface area is 193 Å². The number of halogens is 1. The number of guanidine groups is 1. The molecule has 0 heterocycles. The second-order valence-corrected chi connectivity index (χ2v) is 8.24. The van der Waals surface area contributed by atoms with Crippen LogP contribution in [0.4, 0.5) is 11.4 Å². The lowest BCUT2D eigenvalue weighted by Gasteiger charge is -2.11. The van der Waals surface area contributed by atoms with Crippen LogP contribution >= 0.6 is 24.0 Å². The molecule has 30 heavy (non-hydrogen) atoms. The summed E-state index contributed by atoms with van der Waals surface area (Å²) >= 11 is 0. The summed E-state index contributed by atoms with van der Waals surface area (Å²) < 4.78 is 26.8. The van der Waals surface area contributed by atoms with E-state index in [1.54, 1.807) is 0 Å². The van der Waals surface area contributed by atoms with Gasteiger partial charge < -0.3 is 11.1 Å². The topological polar surface area (TPSA) is 140 Å². The highest BCUT2D eigenvalue weighted by molar-refractivity contribution is 14.0. The highest BCUT2D eigenvalue weighted by atomic mass is 127. The quantitative estimate of drug-likeness (QED) is 0.110. The summed E-state index contributed by atoms with van der Waals surface area (Å²) in [6, 6.07) is 12.7. The summed E-state index contributed by atoms with van der Waals surface area (Å²) in [5.41, 5.74) is 7.57. The number of anilines is 1. The Bertz CT molecular complexity index is 981. The molecule has 0 fully saturated rings. The molecule has 9 nitrogen and oxygen atoms in total. The van der Waals surface area contributed by atoms with Gasteiger partial charge in [0, 0.05) is 24.4 Å². The average molecular weight is 547 g/mol. The van der Waals surface area contributed by atoms with E-state index in [2.05, 4.69) is 28.9 Å². The third-order valence-electron chi connectivity index (χ3n) is 4.39. The van der Waals surface area contributed by atoms with Crippen molar-refractivity contribution in [2.45, 2.75) is 31.1 Å². The number of rotatable bonds is 9. The molecule has 0 spiro atoms. The summed E-state index contributed by atoms with van der Waals surface area (Å²) in [5.74, 6) is 0.643. The van der Waals surface area contributed by atoms with E-state index >= 15 is 0 Å². The summed E-state index contributed by atoms with van der Waals surface area (Å²) in [6.07, 6.45) is 1.06. The van der Waals surface area contributed by atoms with Gasteiger partial charge >= 0.3 is 0 Å². The number of aliphatic imine (C=N–C) groups is 1. The van der Waals surface area contributed by atoms with E-state index in [1.807, 2.05) is 24.3 Å². The summed E-state index contributed by atoms with van der Waals surface area (Å²) in [4.78, 5) is 14.0. The minimum atomic E-state index is -3.87. The molecule has 2 aromatic rings. The first kappa shape index (κ1) is 25.8. The second kappa shape index (κ2) is 11.8. The molecule has 4 N–H and O–H groups in total. The number of nitrogens with one attached hydrogen (secondary N) is 2. The molecular weight excluding hydrogens is 521 g/mol. The van der Waals surface area contributed by atoms with E-state index < -0.39 is 14.9 Å². The molecular formula is C19H26IN5O4S. The van der Waals surface area contributed by atoms with Gasteiger partial charge in [-0.05, 0) is 36.1 Å². The van der Waals surface area contributed by atoms with Crippen LogP contribution in [0.2, 0.25) is 0 Å². The van der Waals surface area contributed by atoms with Gasteiger partial charge in [0.1, 0.15) is 0 Å². The van der Waals surface area contributed by atoms with Crippen LogP contribution in [-0.2, 0) is 10.0 Å². The number of non-ortho nitro benzene ring substituents is 1. The predicted molar refractivity (Wildman–Crippen MR) is 129 cm³/mol. The Morgan fingerprint density at radius 2 is 1.90 bits per heavy atom. The van der Waals surface area contributed by atoms with E-state index in [0.717, 1.165) is 18.2 Å². The first-order chi connectivity index (χ1) is 13.7. The molecule has 0 aliphatic carbocycles. The number of nitro groups is 1. The van der Waals surface area contributed by atoms with Gasteiger partial charge in [0.2, 0.25) is 10.0 Å². The molecule has 0 saturated heterocycles. The SMILES string of the molecule is CCC(C)c1ccc(NC(N)=NCCNS(=O)(=O)c2cccc([N+](=O)[O-])c2)cc1.I. The van der Waals surface area contributed by atoms with Gasteiger partial charge in [-0.2, -0.15) is 0 Å². The van der Waals surface area contributed by atoms with Crippen molar-refractivity contribution in [3.05, 3.63) is 64.2 Å². The van der Waals surface area contributed by atoms with Gasteiger partial charge in [0.05, 0.1) is 16.4 Å². The molecule has 2 aromatic carbocycles. The Morgan fingerprint density at radius 3 is 2.50 bits per heavy atom. The van der Waals surface area contributed by atoms with Crippen molar-refractivity contribution in [3.63, 3.8) is 0 Å². The minimum Gasteiger partial charge on any atom is -0.370 e. The first-order valence-electron chi connectivity index (χ1n) is 9.14. The highest BCUT2D eigenvalue weighted by Crippen LogP contribution is 2.20. The van der Waals surface area contributed by atoms with Crippen LogP contribution in [0.25, 0.3) is 0 Å². The third-order valence-corrected chi connectivity index (χ3v) is 5.85. The number of hydrogen-bond donors (Lipinski definition) is 3. The van der Waals surface area contributed by atoms with Crippen LogP contribution in [0.15, 0.2) is 58.4 Å². The molecule has 0 radical (unpaired) electrons. The minimum absolute atomic E-state index is 0. The van der Waals surface area contributed by atoms with Crippen molar-refractivity contribution in [2.24, 2.45) is 10.7 Å². The van der Waals surface area contributed by atoms with Gasteiger partial charge in [-0.15, -0.1) is 24.0 Å². The van der Waals surface area contributed by atoms with Gasteiger partial charge in [0.25, 0.3) is 5.69 Å². The molecule has 0 amide bonds. The van der Waals surface area contributed by atoms with E-state index in [9.17, 15) is 18.5 Å². The fraction of sp³-hybridized carbons (Fsp3) is 0.316. The maximum absolute atomic E-state index is 12.2. The lowest BCUT2D eigenvalue weighted by atomic mass is 9.99. The number of benzene rings is 2. The van der Waals surface area contributed by atoms with Gasteiger partial charge in [-0.1, -0.05) is 32.0 Å². The van der Waals surface area contributed by atoms with Crippen LogP contribution in [-0.4, -0.2) is 32.4 Å². The fourth-order valence-corrected chi connectivity index (χ4v) is 3.58. The number of nitrogens with two attached hydrogens (primary N) is 1. The molecule has 0 aliphatic heterocycles. The molecule has 2 rings (SSSR count). The van der Waals surface area contributed by atoms with Crippen molar-refractivity contribution < 1.29 is 13.3 Å². The van der Waals surface area contributed by atoms with Crippen LogP contribution in [0.1, 0.15) is 31.7 Å². The fourth-order valence-electron chi connectivity index (χ4n) is 2.52. The maximum Gasteiger partial charge on any atom is 0.270 e. The van der Waals surface area contributed by atoms with Crippen LogP contribution < -0.4 is 15.8 Å². The maximum atomic E-state index is 12.2. The van der Waals surface area contributed by atoms with Gasteiger partial charge in [-0.25, -0.2) is 13.1 Å². The molecule has 0 aromatic heterocycles. The van der Waals surface area contributed by atoms with Gasteiger partial charge in [-0.3, -0.25) is 15.1 Å². The Morgan fingerprint density at radius 1 is 1.23 bits per heavy atom. The van der Waals surface area contributed by atoms with Crippen molar-refractivity contribution in [3.8, 4) is 0 Å². The molecule has 164 valence electrons. The summed E-state index contributed by atoms with van der Waals surface area (Å²) in [6.45, 7) is 4.40. The Hall–Kier alpha value is -2.25. The molecule has 1 atom stereocenters. The zero-order valence-electron chi connectivity index (χ0n) is 16.7. The Kier molecular flexibility index (Phi) is 10.2. The largest absolute Gasteiger partial charge is 0.370 e. The number of nitrogens with zero attached hydrogens (tertiary/aromatic N) is 2. The van der Waals surface area contributed by atoms with Crippen LogP contribution in [0, 0.1) is 10.1 Å². The standard InChI is InChI=1S/C19H25N5O4S.HI/c1-3-14(2)15-7-9-16(10-8-15)23-19(20)21-11-12-22-29(27,28)18-6-4-5-17(13-18)24(25)26;/h4-10,13-14,22H,3,11-12H2,1-2H3,(H3,20,21,23);1H. The second-order valence-electron chi connectivity index (χ2n) is 6.48. The first-order valence-corrected chi connectivity index (χ1v) is 10.6. The van der Waals surface area contributed by atoms with Crippen molar-refractivity contribution in [1.82, 2.24) is 4.72 Å². The lowest BCUT2D eigenvalue weighted by molar-refractivity contribution is -0.385. The Balaban J connectivity index is 0.00000450. The number of sulfonamides is 1. The molecule has 0 saturated carbocycles. The summed E-state index contributed by atoms with van der Waals surface area (Å²) in [7, 11) is -3.87. The molecule has 1 unspecified atom stereocenters. The average Bonchev–Trinajstić information content (AvgIpc) is 2.71. The molecule has 11 heteroatoms. The normalized spacial score (nSPS) is 12.7. The third kappa shape index (κ3) is 7.54. The zero-order chi connectivity index (χ0) is 21.4. The van der Waals surface area contributed by atoms with E-state index in [4.69, 9.17) is 5.73 Å². The highest BCUT2D eigenvalue weighted by Gasteiger charge is 2.16. The van der Waals surface area contributed by atoms with Gasteiger partial charge in [0.15, 0.2) is 5.96 Å². The van der Waals surface area contributed by atoms with E-state index in [-0.39, 0.29) is 53.6 Å². The van der Waals surface area contributed by atoms with Crippen molar-refractivity contribution in [2.75, 3.05) is 18.4 Å². The molecule has 0 aliphatic rings. The number of hydrogen-bond acceptors (Lipinski definition) is 5. The van der Waals surface area contributed by atoms with E-state index in [0.29, 0.717) is 5.92 Å². The lowest BCUT2D eigenvalue weighted by Crippen LogP contribution is -2.28. The molecule has 0 bridgehead atoms. The van der Waals surface area contributed by atoms with E-state index in [1.165, 1.54) is 23.8 Å². The zero-order valence-corrected chi connectivity index (χ0v) is 19.9.